The molecule has 2 aromatic carbocycles. The van der Waals surface area contributed by atoms with Gasteiger partial charge in [-0.2, -0.15) is 0 Å². The van der Waals surface area contributed by atoms with Gasteiger partial charge in [0.25, 0.3) is 0 Å². The molecule has 0 saturated carbocycles. The van der Waals surface area contributed by atoms with Crippen LogP contribution in [0.3, 0.4) is 0 Å². The van der Waals surface area contributed by atoms with Gasteiger partial charge < -0.3 is 15.5 Å². The molecule has 1 aliphatic rings. The van der Waals surface area contributed by atoms with Crippen molar-refractivity contribution in [3.8, 4) is 11.3 Å². The number of nitrogens with two attached hydrogens (primary N) is 1. The van der Waals surface area contributed by atoms with E-state index in [1.165, 1.54) is 0 Å². The lowest BCUT2D eigenvalue weighted by molar-refractivity contribution is -0.138. The molecule has 164 valence electrons. The summed E-state index contributed by atoms with van der Waals surface area (Å²) in [4.78, 5) is 16.7. The molecule has 0 aliphatic carbocycles. The van der Waals surface area contributed by atoms with E-state index in [0.29, 0.717) is 24.7 Å². The van der Waals surface area contributed by atoms with Crippen molar-refractivity contribution < 1.29 is 4.79 Å². The van der Waals surface area contributed by atoms with Crippen LogP contribution >= 0.6 is 24.0 Å². The molecule has 1 saturated heterocycles. The number of amides is 1. The first-order valence-electron chi connectivity index (χ1n) is 10.1. The van der Waals surface area contributed by atoms with Gasteiger partial charge in [0.15, 0.2) is 5.82 Å². The maximum atomic E-state index is 12.7. The van der Waals surface area contributed by atoms with Crippen LogP contribution in [0.4, 0.5) is 5.82 Å². The Morgan fingerprint density at radius 2 is 1.71 bits per heavy atom. The standard InChI is InChI=1S/C23H26ClN5O.ClH/c1-15-14-28(12-13-29(15)22(30)23(2,3)25)21-19-7-5-4-6-18(19)20(26-27-21)16-8-10-17(24)11-9-16;/h4-11,15H,12-14,25H2,1-3H3;1H. The molecule has 3 aromatic rings. The molecule has 1 fully saturated rings. The fraction of sp³-hybridized carbons (Fsp3) is 0.348. The number of fused-ring (bicyclic) bond motifs is 1. The van der Waals surface area contributed by atoms with E-state index in [4.69, 9.17) is 17.3 Å². The number of benzene rings is 2. The highest BCUT2D eigenvalue weighted by molar-refractivity contribution is 6.30. The summed E-state index contributed by atoms with van der Waals surface area (Å²) < 4.78 is 0. The SMILES string of the molecule is CC1CN(c2nnc(-c3ccc(Cl)cc3)c3ccccc23)CCN1C(=O)C(C)(C)N.Cl. The van der Waals surface area contributed by atoms with Crippen molar-refractivity contribution in [1.82, 2.24) is 15.1 Å². The lowest BCUT2D eigenvalue weighted by Crippen LogP contribution is -2.60. The average Bonchev–Trinajstić information content (AvgIpc) is 2.72. The molecule has 8 heteroatoms. The normalized spacial score (nSPS) is 16.9. The number of rotatable bonds is 3. The molecular formula is C23H27Cl2N5O. The number of aromatic nitrogens is 2. The second-order valence-electron chi connectivity index (χ2n) is 8.44. The van der Waals surface area contributed by atoms with E-state index in [-0.39, 0.29) is 24.4 Å². The van der Waals surface area contributed by atoms with Crippen molar-refractivity contribution in [2.75, 3.05) is 24.5 Å². The lowest BCUT2D eigenvalue weighted by atomic mass is 10.0. The van der Waals surface area contributed by atoms with Crippen molar-refractivity contribution in [3.63, 3.8) is 0 Å². The van der Waals surface area contributed by atoms with Crippen LogP contribution in [0.2, 0.25) is 5.02 Å². The molecule has 1 unspecified atom stereocenters. The predicted octanol–water partition coefficient (Wildman–Crippen LogP) is 4.15. The highest BCUT2D eigenvalue weighted by Crippen LogP contribution is 2.32. The van der Waals surface area contributed by atoms with E-state index in [0.717, 1.165) is 27.8 Å². The summed E-state index contributed by atoms with van der Waals surface area (Å²) >= 11 is 6.04. The Balaban J connectivity index is 0.00000272. The maximum absolute atomic E-state index is 12.7. The summed E-state index contributed by atoms with van der Waals surface area (Å²) in [5.74, 6) is 0.818. The molecular weight excluding hydrogens is 433 g/mol. The molecule has 1 aliphatic heterocycles. The second kappa shape index (κ2) is 8.99. The minimum absolute atomic E-state index is 0. The summed E-state index contributed by atoms with van der Waals surface area (Å²) in [6, 6.07) is 15.8. The zero-order valence-electron chi connectivity index (χ0n) is 17.9. The smallest absolute Gasteiger partial charge is 0.242 e. The summed E-state index contributed by atoms with van der Waals surface area (Å²) in [5, 5.41) is 11.9. The van der Waals surface area contributed by atoms with Gasteiger partial charge in [-0.25, -0.2) is 0 Å². The van der Waals surface area contributed by atoms with Crippen LogP contribution in [0.15, 0.2) is 48.5 Å². The first-order valence-corrected chi connectivity index (χ1v) is 10.5. The lowest BCUT2D eigenvalue weighted by Gasteiger charge is -2.42. The first-order chi connectivity index (χ1) is 14.3. The summed E-state index contributed by atoms with van der Waals surface area (Å²) in [7, 11) is 0. The Kier molecular flexibility index (Phi) is 6.74. The molecule has 0 spiro atoms. The van der Waals surface area contributed by atoms with Crippen LogP contribution in [0, 0.1) is 0 Å². The van der Waals surface area contributed by atoms with Crippen LogP contribution < -0.4 is 10.6 Å². The van der Waals surface area contributed by atoms with Crippen LogP contribution in [-0.2, 0) is 4.79 Å². The van der Waals surface area contributed by atoms with Crippen molar-refractivity contribution >= 4 is 46.5 Å². The Morgan fingerprint density at radius 1 is 1.06 bits per heavy atom. The molecule has 1 amide bonds. The number of piperazine rings is 1. The molecule has 0 radical (unpaired) electrons. The Bertz CT molecular complexity index is 1080. The van der Waals surface area contributed by atoms with E-state index < -0.39 is 5.54 Å². The minimum atomic E-state index is -0.872. The van der Waals surface area contributed by atoms with Gasteiger partial charge in [0.05, 0.1) is 5.54 Å². The van der Waals surface area contributed by atoms with E-state index in [2.05, 4.69) is 27.2 Å². The zero-order chi connectivity index (χ0) is 21.5. The van der Waals surface area contributed by atoms with Crippen LogP contribution in [0.25, 0.3) is 22.0 Å². The molecule has 31 heavy (non-hydrogen) atoms. The number of nitrogens with zero attached hydrogens (tertiary/aromatic N) is 4. The maximum Gasteiger partial charge on any atom is 0.242 e. The summed E-state index contributed by atoms with van der Waals surface area (Å²) in [6.07, 6.45) is 0. The number of anilines is 1. The summed E-state index contributed by atoms with van der Waals surface area (Å²) in [6.45, 7) is 7.53. The Labute approximate surface area is 193 Å². The number of carbonyl (C=O) groups excluding carboxylic acids is 1. The molecule has 6 nitrogen and oxygen atoms in total. The molecule has 4 rings (SSSR count). The third-order valence-electron chi connectivity index (χ3n) is 5.52. The monoisotopic (exact) mass is 459 g/mol. The summed E-state index contributed by atoms with van der Waals surface area (Å²) in [5.41, 5.74) is 6.97. The first kappa shape index (κ1) is 23.3. The minimum Gasteiger partial charge on any atom is -0.351 e. The fourth-order valence-electron chi connectivity index (χ4n) is 3.97. The van der Waals surface area contributed by atoms with Crippen molar-refractivity contribution in [2.45, 2.75) is 32.4 Å². The number of hydrogen-bond acceptors (Lipinski definition) is 5. The van der Waals surface area contributed by atoms with Gasteiger partial charge in [-0.15, -0.1) is 22.6 Å². The van der Waals surface area contributed by atoms with Gasteiger partial charge in [0, 0.05) is 47.0 Å². The van der Waals surface area contributed by atoms with Crippen molar-refractivity contribution in [2.24, 2.45) is 5.73 Å². The third kappa shape index (κ3) is 4.61. The van der Waals surface area contributed by atoms with Gasteiger partial charge in [-0.1, -0.05) is 48.0 Å². The quantitative estimate of drug-likeness (QED) is 0.636. The Hall–Kier alpha value is -2.41. The third-order valence-corrected chi connectivity index (χ3v) is 5.78. The zero-order valence-corrected chi connectivity index (χ0v) is 19.5. The second-order valence-corrected chi connectivity index (χ2v) is 8.88. The van der Waals surface area contributed by atoms with E-state index >= 15 is 0 Å². The molecule has 2 heterocycles. The van der Waals surface area contributed by atoms with Crippen LogP contribution in [-0.4, -0.2) is 52.2 Å². The van der Waals surface area contributed by atoms with Gasteiger partial charge in [-0.3, -0.25) is 4.79 Å². The van der Waals surface area contributed by atoms with E-state index in [9.17, 15) is 4.79 Å². The molecule has 2 N–H and O–H groups in total. The van der Waals surface area contributed by atoms with Crippen molar-refractivity contribution in [3.05, 3.63) is 53.6 Å². The largest absolute Gasteiger partial charge is 0.351 e. The van der Waals surface area contributed by atoms with Gasteiger partial charge in [-0.05, 0) is 32.9 Å². The van der Waals surface area contributed by atoms with E-state index in [1.54, 1.807) is 13.8 Å². The average molecular weight is 460 g/mol. The number of carbonyl (C=O) groups is 1. The van der Waals surface area contributed by atoms with Crippen LogP contribution in [0.1, 0.15) is 20.8 Å². The van der Waals surface area contributed by atoms with Crippen molar-refractivity contribution in [1.29, 1.82) is 0 Å². The predicted molar refractivity (Wildman–Crippen MR) is 129 cm³/mol. The topological polar surface area (TPSA) is 75.4 Å². The molecule has 1 aromatic heterocycles. The molecule has 0 bridgehead atoms. The Morgan fingerprint density at radius 3 is 2.32 bits per heavy atom. The van der Waals surface area contributed by atoms with Crippen LogP contribution in [0.5, 0.6) is 0 Å². The highest BCUT2D eigenvalue weighted by atomic mass is 35.5. The highest BCUT2D eigenvalue weighted by Gasteiger charge is 2.35. The molecule has 1 atom stereocenters. The van der Waals surface area contributed by atoms with Gasteiger partial charge in [0.2, 0.25) is 5.91 Å². The number of halogens is 2. The van der Waals surface area contributed by atoms with Gasteiger partial charge >= 0.3 is 0 Å². The number of hydrogen-bond donors (Lipinski definition) is 1. The fourth-order valence-corrected chi connectivity index (χ4v) is 4.09. The van der Waals surface area contributed by atoms with E-state index in [1.807, 2.05) is 48.2 Å². The van der Waals surface area contributed by atoms with Gasteiger partial charge in [0.1, 0.15) is 5.69 Å².